The van der Waals surface area contributed by atoms with Crippen molar-refractivity contribution >= 4 is 11.8 Å². The van der Waals surface area contributed by atoms with Gasteiger partial charge in [0.05, 0.1) is 25.7 Å². The third-order valence-corrected chi connectivity index (χ3v) is 4.42. The molecule has 6 nitrogen and oxygen atoms in total. The van der Waals surface area contributed by atoms with Crippen LogP contribution in [0.1, 0.15) is 12.0 Å². The summed E-state index contributed by atoms with van der Waals surface area (Å²) in [7, 11) is 0. The molecule has 136 valence electrons. The van der Waals surface area contributed by atoms with Gasteiger partial charge in [0.1, 0.15) is 11.6 Å². The van der Waals surface area contributed by atoms with Crippen molar-refractivity contribution in [2.75, 3.05) is 39.4 Å². The molecule has 3 rings (SSSR count). The number of nitrogens with zero attached hydrogens (tertiary/aromatic N) is 2. The Morgan fingerprint density at radius 2 is 1.84 bits per heavy atom. The van der Waals surface area contributed by atoms with Crippen LogP contribution in [0.25, 0.3) is 0 Å². The van der Waals surface area contributed by atoms with Crippen LogP contribution in [0.2, 0.25) is 0 Å². The van der Waals surface area contributed by atoms with E-state index < -0.39 is 17.7 Å². The molecule has 2 saturated heterocycles. The molecule has 1 aromatic rings. The molecule has 0 bridgehead atoms. The van der Waals surface area contributed by atoms with Crippen molar-refractivity contribution in [2.24, 2.45) is 0 Å². The number of carbonyl (C=O) groups excluding carboxylic acids is 2. The third-order valence-electron chi connectivity index (χ3n) is 4.42. The second kappa shape index (κ2) is 7.88. The van der Waals surface area contributed by atoms with E-state index in [1.807, 2.05) is 0 Å². The van der Waals surface area contributed by atoms with Crippen molar-refractivity contribution in [3.8, 4) is 0 Å². The summed E-state index contributed by atoms with van der Waals surface area (Å²) >= 11 is 0. The van der Waals surface area contributed by atoms with Crippen molar-refractivity contribution in [1.29, 1.82) is 0 Å². The minimum absolute atomic E-state index is 0.0762. The highest BCUT2D eigenvalue weighted by Gasteiger charge is 2.31. The highest BCUT2D eigenvalue weighted by atomic mass is 19.1. The van der Waals surface area contributed by atoms with Gasteiger partial charge in [0.25, 0.3) is 0 Å². The normalized spacial score (nSPS) is 21.5. The van der Waals surface area contributed by atoms with Crippen LogP contribution in [0.4, 0.5) is 8.78 Å². The average Bonchev–Trinajstić information content (AvgIpc) is 2.58. The molecule has 8 heteroatoms. The van der Waals surface area contributed by atoms with Gasteiger partial charge in [-0.15, -0.1) is 0 Å². The highest BCUT2D eigenvalue weighted by molar-refractivity contribution is 5.89. The number of hydrogen-bond donors (Lipinski definition) is 1. The average molecular weight is 353 g/mol. The van der Waals surface area contributed by atoms with Crippen LogP contribution in [-0.2, 0) is 20.9 Å². The van der Waals surface area contributed by atoms with Crippen molar-refractivity contribution in [3.05, 3.63) is 35.4 Å². The lowest BCUT2D eigenvalue weighted by Gasteiger charge is -2.34. The predicted octanol–water partition coefficient (Wildman–Crippen LogP) is 0.514. The van der Waals surface area contributed by atoms with Gasteiger partial charge >= 0.3 is 0 Å². The van der Waals surface area contributed by atoms with Gasteiger partial charge < -0.3 is 19.9 Å². The molecule has 0 spiro atoms. The summed E-state index contributed by atoms with van der Waals surface area (Å²) in [5.41, 5.74) is 0.394. The first-order valence-electron chi connectivity index (χ1n) is 8.35. The number of benzene rings is 1. The molecule has 0 radical (unpaired) electrons. The maximum Gasteiger partial charge on any atom is 0.240 e. The Labute approximate surface area is 144 Å². The van der Waals surface area contributed by atoms with Crippen LogP contribution in [-0.4, -0.2) is 67.0 Å². The van der Waals surface area contributed by atoms with Gasteiger partial charge in [-0.25, -0.2) is 8.78 Å². The SMILES string of the molecule is O=C(CC1NCCN(Cc2cc(F)cc(F)c2)C1=O)N1CCOCC1. The quantitative estimate of drug-likeness (QED) is 0.857. The van der Waals surface area contributed by atoms with Crippen LogP contribution in [0.15, 0.2) is 18.2 Å². The Hall–Kier alpha value is -2.06. The molecule has 1 N–H and O–H groups in total. The maximum absolute atomic E-state index is 13.3. The zero-order valence-electron chi connectivity index (χ0n) is 13.8. The number of piperazine rings is 1. The fourth-order valence-electron chi connectivity index (χ4n) is 3.15. The number of morpholine rings is 1. The number of hydrogen-bond acceptors (Lipinski definition) is 4. The third kappa shape index (κ3) is 4.52. The monoisotopic (exact) mass is 353 g/mol. The van der Waals surface area contributed by atoms with Crippen LogP contribution in [0.3, 0.4) is 0 Å². The summed E-state index contributed by atoms with van der Waals surface area (Å²) in [6, 6.07) is 2.62. The maximum atomic E-state index is 13.3. The van der Waals surface area contributed by atoms with Gasteiger partial charge in [0, 0.05) is 38.8 Å². The second-order valence-corrected chi connectivity index (χ2v) is 6.24. The molecule has 2 aliphatic heterocycles. The summed E-state index contributed by atoms with van der Waals surface area (Å²) in [5.74, 6) is -1.65. The first kappa shape index (κ1) is 17.8. The summed E-state index contributed by atoms with van der Waals surface area (Å²) in [6.45, 7) is 3.17. The molecular formula is C17H21F2N3O3. The molecule has 2 amide bonds. The number of rotatable bonds is 4. The zero-order valence-corrected chi connectivity index (χ0v) is 13.8. The van der Waals surface area contributed by atoms with E-state index in [9.17, 15) is 18.4 Å². The van der Waals surface area contributed by atoms with Gasteiger partial charge in [-0.1, -0.05) is 0 Å². The lowest BCUT2D eigenvalue weighted by atomic mass is 10.1. The van der Waals surface area contributed by atoms with Crippen molar-refractivity contribution in [2.45, 2.75) is 19.0 Å². The van der Waals surface area contributed by atoms with Crippen LogP contribution < -0.4 is 5.32 Å². The summed E-state index contributed by atoms with van der Waals surface area (Å²) < 4.78 is 31.9. The van der Waals surface area contributed by atoms with Crippen LogP contribution in [0.5, 0.6) is 0 Å². The van der Waals surface area contributed by atoms with Gasteiger partial charge in [0.2, 0.25) is 11.8 Å². The smallest absolute Gasteiger partial charge is 0.240 e. The number of ether oxygens (including phenoxy) is 1. The van der Waals surface area contributed by atoms with E-state index in [0.717, 1.165) is 6.07 Å². The van der Waals surface area contributed by atoms with Gasteiger partial charge in [0.15, 0.2) is 0 Å². The van der Waals surface area contributed by atoms with E-state index in [0.29, 0.717) is 45.0 Å². The predicted molar refractivity (Wildman–Crippen MR) is 85.6 cm³/mol. The molecule has 1 unspecified atom stereocenters. The molecule has 2 fully saturated rings. The van der Waals surface area contributed by atoms with Gasteiger partial charge in [-0.3, -0.25) is 9.59 Å². The van der Waals surface area contributed by atoms with E-state index in [2.05, 4.69) is 5.32 Å². The Kier molecular flexibility index (Phi) is 5.60. The molecule has 1 aromatic carbocycles. The number of carbonyl (C=O) groups is 2. The van der Waals surface area contributed by atoms with Gasteiger partial charge in [-0.05, 0) is 17.7 Å². The van der Waals surface area contributed by atoms with Crippen molar-refractivity contribution in [3.63, 3.8) is 0 Å². The summed E-state index contributed by atoms with van der Waals surface area (Å²) in [4.78, 5) is 28.1. The minimum atomic E-state index is -0.670. The summed E-state index contributed by atoms with van der Waals surface area (Å²) in [5, 5.41) is 3.06. The summed E-state index contributed by atoms with van der Waals surface area (Å²) in [6.07, 6.45) is 0.0762. The Morgan fingerprint density at radius 3 is 2.52 bits per heavy atom. The van der Waals surface area contributed by atoms with Crippen LogP contribution >= 0.6 is 0 Å². The Morgan fingerprint density at radius 1 is 1.16 bits per heavy atom. The molecule has 25 heavy (non-hydrogen) atoms. The molecule has 0 aromatic heterocycles. The zero-order chi connectivity index (χ0) is 17.8. The van der Waals surface area contributed by atoms with E-state index in [1.165, 1.54) is 17.0 Å². The molecular weight excluding hydrogens is 332 g/mol. The largest absolute Gasteiger partial charge is 0.378 e. The lowest BCUT2D eigenvalue weighted by Crippen LogP contribution is -2.56. The molecule has 2 heterocycles. The second-order valence-electron chi connectivity index (χ2n) is 6.24. The van der Waals surface area contributed by atoms with E-state index in [1.54, 1.807) is 4.90 Å². The fraction of sp³-hybridized carbons (Fsp3) is 0.529. The number of amides is 2. The highest BCUT2D eigenvalue weighted by Crippen LogP contribution is 2.14. The molecule has 0 saturated carbocycles. The van der Waals surface area contributed by atoms with Crippen LogP contribution in [0, 0.1) is 11.6 Å². The Balaban J connectivity index is 1.61. The van der Waals surface area contributed by atoms with E-state index in [-0.39, 0.29) is 24.8 Å². The Bertz CT molecular complexity index is 630. The van der Waals surface area contributed by atoms with Crippen molar-refractivity contribution in [1.82, 2.24) is 15.1 Å². The molecule has 2 aliphatic rings. The number of nitrogens with one attached hydrogen (secondary N) is 1. The lowest BCUT2D eigenvalue weighted by molar-refractivity contribution is -0.143. The first-order chi connectivity index (χ1) is 12.0. The van der Waals surface area contributed by atoms with E-state index >= 15 is 0 Å². The standard InChI is InChI=1S/C17H21F2N3O3/c18-13-7-12(8-14(19)9-13)11-22-2-1-20-15(17(22)24)10-16(23)21-3-5-25-6-4-21/h7-9,15,20H,1-6,10-11H2. The fourth-order valence-corrected chi connectivity index (χ4v) is 3.15. The minimum Gasteiger partial charge on any atom is -0.378 e. The molecule has 1 atom stereocenters. The van der Waals surface area contributed by atoms with Crippen molar-refractivity contribution < 1.29 is 23.1 Å². The van der Waals surface area contributed by atoms with E-state index in [4.69, 9.17) is 4.74 Å². The topological polar surface area (TPSA) is 61.9 Å². The molecule has 0 aliphatic carbocycles. The van der Waals surface area contributed by atoms with Gasteiger partial charge in [-0.2, -0.15) is 0 Å². The first-order valence-corrected chi connectivity index (χ1v) is 8.35. The number of halogens is 2.